The van der Waals surface area contributed by atoms with Crippen LogP contribution in [0.1, 0.15) is 25.7 Å². The van der Waals surface area contributed by atoms with Gasteiger partial charge in [-0.05, 0) is 19.3 Å². The van der Waals surface area contributed by atoms with E-state index in [1.165, 1.54) is 0 Å². The second-order valence-electron chi connectivity index (χ2n) is 3.96. The number of esters is 1. The smallest absolute Gasteiger partial charge is 0.349 e. The first-order chi connectivity index (χ1) is 7.94. The quantitative estimate of drug-likeness (QED) is 0.559. The van der Waals surface area contributed by atoms with Gasteiger partial charge >= 0.3 is 17.9 Å². The van der Waals surface area contributed by atoms with Crippen molar-refractivity contribution in [3.63, 3.8) is 0 Å². The summed E-state index contributed by atoms with van der Waals surface area (Å²) in [4.78, 5) is 33.5. The van der Waals surface area contributed by atoms with Crippen molar-refractivity contribution in [3.8, 4) is 0 Å². The Morgan fingerprint density at radius 1 is 1.29 bits per heavy atom. The SMILES string of the molecule is C=CC(=O)OC1(C(=O)O)CCCCC1C(=O)O. The van der Waals surface area contributed by atoms with E-state index < -0.39 is 29.4 Å². The highest BCUT2D eigenvalue weighted by Gasteiger charge is 2.54. The topological polar surface area (TPSA) is 101 Å². The molecule has 0 aromatic carbocycles. The number of hydrogen-bond acceptors (Lipinski definition) is 4. The molecule has 1 fully saturated rings. The van der Waals surface area contributed by atoms with Gasteiger partial charge in [0.15, 0.2) is 0 Å². The Morgan fingerprint density at radius 3 is 2.41 bits per heavy atom. The highest BCUT2D eigenvalue weighted by Crippen LogP contribution is 2.37. The second kappa shape index (κ2) is 4.99. The summed E-state index contributed by atoms with van der Waals surface area (Å²) in [5, 5.41) is 18.2. The third-order valence-electron chi connectivity index (χ3n) is 2.96. The molecule has 1 aliphatic rings. The van der Waals surface area contributed by atoms with Crippen LogP contribution in [0.3, 0.4) is 0 Å². The van der Waals surface area contributed by atoms with Gasteiger partial charge in [-0.2, -0.15) is 0 Å². The Balaban J connectivity index is 3.09. The van der Waals surface area contributed by atoms with E-state index in [0.717, 1.165) is 6.08 Å². The number of carboxylic acid groups (broad SMARTS) is 2. The molecule has 6 heteroatoms. The van der Waals surface area contributed by atoms with E-state index in [-0.39, 0.29) is 12.8 Å². The fraction of sp³-hybridized carbons (Fsp3) is 0.545. The van der Waals surface area contributed by atoms with E-state index in [9.17, 15) is 19.5 Å². The van der Waals surface area contributed by atoms with Gasteiger partial charge in [-0.15, -0.1) is 0 Å². The molecule has 0 spiro atoms. The first kappa shape index (κ1) is 13.2. The summed E-state index contributed by atoms with van der Waals surface area (Å²) >= 11 is 0. The van der Waals surface area contributed by atoms with Crippen molar-refractivity contribution in [2.45, 2.75) is 31.3 Å². The molecule has 0 bridgehead atoms. The predicted octanol–water partition coefficient (Wildman–Crippen LogP) is 0.814. The predicted molar refractivity (Wildman–Crippen MR) is 56.2 cm³/mol. The minimum atomic E-state index is -1.96. The summed E-state index contributed by atoms with van der Waals surface area (Å²) in [6.07, 6.45) is 2.15. The van der Waals surface area contributed by atoms with Crippen LogP contribution in [0.15, 0.2) is 12.7 Å². The number of ether oxygens (including phenoxy) is 1. The molecule has 94 valence electrons. The van der Waals surface area contributed by atoms with Crippen molar-refractivity contribution < 1.29 is 29.3 Å². The van der Waals surface area contributed by atoms with Gasteiger partial charge in [0.1, 0.15) is 5.92 Å². The van der Waals surface area contributed by atoms with E-state index in [2.05, 4.69) is 6.58 Å². The standard InChI is InChI=1S/C11H14O6/c1-2-8(12)17-11(10(15)16)6-4-3-5-7(11)9(13)14/h2,7H,1,3-6H2,(H,13,14)(H,15,16). The summed E-state index contributed by atoms with van der Waals surface area (Å²) in [6.45, 7) is 3.17. The van der Waals surface area contributed by atoms with Crippen LogP contribution in [-0.2, 0) is 19.1 Å². The van der Waals surface area contributed by atoms with Crippen LogP contribution < -0.4 is 0 Å². The molecule has 2 N–H and O–H groups in total. The van der Waals surface area contributed by atoms with Crippen LogP contribution in [0.25, 0.3) is 0 Å². The first-order valence-electron chi connectivity index (χ1n) is 5.25. The third kappa shape index (κ3) is 2.46. The van der Waals surface area contributed by atoms with Crippen molar-refractivity contribution in [2.24, 2.45) is 5.92 Å². The molecular weight excluding hydrogens is 228 g/mol. The second-order valence-corrected chi connectivity index (χ2v) is 3.96. The zero-order chi connectivity index (χ0) is 13.1. The lowest BCUT2D eigenvalue weighted by Crippen LogP contribution is -2.54. The van der Waals surface area contributed by atoms with Gasteiger partial charge in [0.2, 0.25) is 5.60 Å². The summed E-state index contributed by atoms with van der Waals surface area (Å²) in [7, 11) is 0. The number of carbonyl (C=O) groups excluding carboxylic acids is 1. The van der Waals surface area contributed by atoms with E-state index in [4.69, 9.17) is 9.84 Å². The molecule has 2 unspecified atom stereocenters. The van der Waals surface area contributed by atoms with Gasteiger partial charge in [0, 0.05) is 6.08 Å². The Kier molecular flexibility index (Phi) is 3.88. The average Bonchev–Trinajstić information content (AvgIpc) is 2.28. The molecule has 0 amide bonds. The van der Waals surface area contributed by atoms with Crippen LogP contribution >= 0.6 is 0 Å². The molecule has 0 saturated heterocycles. The lowest BCUT2D eigenvalue weighted by atomic mass is 9.75. The van der Waals surface area contributed by atoms with Crippen LogP contribution in [0.5, 0.6) is 0 Å². The number of aliphatic carboxylic acids is 2. The molecule has 0 aromatic rings. The van der Waals surface area contributed by atoms with E-state index in [1.54, 1.807) is 0 Å². The van der Waals surface area contributed by atoms with Crippen LogP contribution in [0.2, 0.25) is 0 Å². The fourth-order valence-corrected chi connectivity index (χ4v) is 2.11. The normalized spacial score (nSPS) is 28.1. The maximum absolute atomic E-state index is 11.3. The van der Waals surface area contributed by atoms with E-state index in [1.807, 2.05) is 0 Å². The maximum atomic E-state index is 11.3. The van der Waals surface area contributed by atoms with E-state index in [0.29, 0.717) is 12.8 Å². The van der Waals surface area contributed by atoms with Crippen molar-refractivity contribution in [2.75, 3.05) is 0 Å². The van der Waals surface area contributed by atoms with Crippen LogP contribution in [0, 0.1) is 5.92 Å². The third-order valence-corrected chi connectivity index (χ3v) is 2.96. The monoisotopic (exact) mass is 242 g/mol. The Hall–Kier alpha value is -1.85. The number of hydrogen-bond donors (Lipinski definition) is 2. The maximum Gasteiger partial charge on any atom is 0.349 e. The highest BCUT2D eigenvalue weighted by molar-refractivity contribution is 5.90. The molecule has 0 aliphatic heterocycles. The van der Waals surface area contributed by atoms with Crippen molar-refractivity contribution in [1.29, 1.82) is 0 Å². The first-order valence-corrected chi connectivity index (χ1v) is 5.25. The molecule has 0 heterocycles. The van der Waals surface area contributed by atoms with Crippen molar-refractivity contribution in [3.05, 3.63) is 12.7 Å². The highest BCUT2D eigenvalue weighted by atomic mass is 16.6. The largest absolute Gasteiger partial charge is 0.481 e. The summed E-state index contributed by atoms with van der Waals surface area (Å²) in [5.41, 5.74) is -1.96. The van der Waals surface area contributed by atoms with Crippen molar-refractivity contribution in [1.82, 2.24) is 0 Å². The minimum Gasteiger partial charge on any atom is -0.481 e. The fourth-order valence-electron chi connectivity index (χ4n) is 2.11. The van der Waals surface area contributed by atoms with Gasteiger partial charge in [0.05, 0.1) is 0 Å². The number of carboxylic acids is 2. The van der Waals surface area contributed by atoms with Gasteiger partial charge in [0.25, 0.3) is 0 Å². The molecular formula is C11H14O6. The summed E-state index contributed by atoms with van der Waals surface area (Å²) < 4.78 is 4.83. The lowest BCUT2D eigenvalue weighted by Gasteiger charge is -2.37. The van der Waals surface area contributed by atoms with E-state index >= 15 is 0 Å². The van der Waals surface area contributed by atoms with Gasteiger partial charge < -0.3 is 14.9 Å². The molecule has 1 saturated carbocycles. The number of carbonyl (C=O) groups is 3. The van der Waals surface area contributed by atoms with Gasteiger partial charge in [-0.3, -0.25) is 4.79 Å². The van der Waals surface area contributed by atoms with Gasteiger partial charge in [-0.25, -0.2) is 9.59 Å². The minimum absolute atomic E-state index is 0.0128. The molecule has 0 radical (unpaired) electrons. The Morgan fingerprint density at radius 2 is 1.94 bits per heavy atom. The summed E-state index contributed by atoms with van der Waals surface area (Å²) in [5.74, 6) is -4.80. The zero-order valence-electron chi connectivity index (χ0n) is 9.22. The zero-order valence-corrected chi connectivity index (χ0v) is 9.22. The molecule has 17 heavy (non-hydrogen) atoms. The van der Waals surface area contributed by atoms with Crippen LogP contribution in [-0.4, -0.2) is 33.7 Å². The van der Waals surface area contributed by atoms with Crippen molar-refractivity contribution >= 4 is 17.9 Å². The molecule has 6 nitrogen and oxygen atoms in total. The summed E-state index contributed by atoms with van der Waals surface area (Å²) in [6, 6.07) is 0. The number of rotatable bonds is 4. The van der Waals surface area contributed by atoms with Crippen LogP contribution in [0.4, 0.5) is 0 Å². The average molecular weight is 242 g/mol. The molecule has 0 aromatic heterocycles. The Labute approximate surface area is 97.9 Å². The molecule has 1 rings (SSSR count). The molecule has 1 aliphatic carbocycles. The Bertz CT molecular complexity index is 361. The molecule has 2 atom stereocenters. The van der Waals surface area contributed by atoms with Gasteiger partial charge in [-0.1, -0.05) is 13.0 Å². The lowest BCUT2D eigenvalue weighted by molar-refractivity contribution is -0.192.